The molecule has 0 aliphatic heterocycles. The Labute approximate surface area is 226 Å². The zero-order valence-corrected chi connectivity index (χ0v) is 23.1. The first-order chi connectivity index (χ1) is 14.0. The molecule has 0 saturated heterocycles. The maximum absolute atomic E-state index is 2.84. The number of hydrogen-bond donors (Lipinski definition) is 0. The molecule has 0 N–H and O–H groups in total. The minimum Gasteiger partial charge on any atom is -0.218 e. The van der Waals surface area contributed by atoms with Crippen LogP contribution in [-0.2, 0) is 0 Å². The molecular formula is C28H28AlK. The monoisotopic (exact) mass is 430 g/mol. The molecule has 0 radical (unpaired) electrons. The van der Waals surface area contributed by atoms with Crippen molar-refractivity contribution in [3.63, 3.8) is 0 Å². The normalized spacial score (nSPS) is 11.1. The Bertz CT molecular complexity index is 975. The summed E-state index contributed by atoms with van der Waals surface area (Å²) in [5, 5.41) is 0. The van der Waals surface area contributed by atoms with Crippen LogP contribution in [-0.4, -0.2) is 13.1 Å². The second-order valence-corrected chi connectivity index (χ2v) is 12.9. The van der Waals surface area contributed by atoms with Gasteiger partial charge in [0.1, 0.15) is 0 Å². The molecule has 4 aromatic rings. The molecule has 144 valence electrons. The Morgan fingerprint density at radius 2 is 0.633 bits per heavy atom. The van der Waals surface area contributed by atoms with Gasteiger partial charge in [-0.2, -0.15) is 0 Å². The zero-order chi connectivity index (χ0) is 20.4. The summed E-state index contributed by atoms with van der Waals surface area (Å²) in [6.45, 7) is 8.82. The summed E-state index contributed by atoms with van der Waals surface area (Å²) >= 11 is -2.84. The van der Waals surface area contributed by atoms with E-state index >= 15 is 0 Å². The minimum absolute atomic E-state index is 0. The van der Waals surface area contributed by atoms with Gasteiger partial charge >= 0.3 is 51.4 Å². The van der Waals surface area contributed by atoms with E-state index in [1.807, 2.05) is 0 Å². The Morgan fingerprint density at radius 3 is 0.833 bits per heavy atom. The maximum Gasteiger partial charge on any atom is 1.00 e. The van der Waals surface area contributed by atoms with Crippen molar-refractivity contribution in [1.82, 2.24) is 0 Å². The molecule has 0 bridgehead atoms. The Kier molecular flexibility index (Phi) is 7.99. The molecule has 0 amide bonds. The molecule has 2 heteroatoms. The van der Waals surface area contributed by atoms with Gasteiger partial charge < -0.3 is 0 Å². The van der Waals surface area contributed by atoms with Crippen LogP contribution < -0.4 is 69.1 Å². The molecule has 0 aliphatic rings. The van der Waals surface area contributed by atoms with E-state index in [0.717, 1.165) is 0 Å². The van der Waals surface area contributed by atoms with Crippen molar-refractivity contribution in [3.8, 4) is 0 Å². The first-order valence-electron chi connectivity index (χ1n) is 10.4. The standard InChI is InChI=1S/4C7H7.Al.K/c4*1-7-5-3-2-4-6-7;;/h4*2-3,5-6H,1H3;;/q;;;;-1;+1. The average Bonchev–Trinajstić information content (AvgIpc) is 2.69. The largest absolute Gasteiger partial charge is 1.00 e. The van der Waals surface area contributed by atoms with Crippen LogP contribution in [0.3, 0.4) is 0 Å². The van der Waals surface area contributed by atoms with Crippen LogP contribution in [0.4, 0.5) is 0 Å². The summed E-state index contributed by atoms with van der Waals surface area (Å²) < 4.78 is 5.89. The van der Waals surface area contributed by atoms with Gasteiger partial charge in [-0.15, -0.1) is 48.5 Å². The average molecular weight is 431 g/mol. The van der Waals surface area contributed by atoms with Gasteiger partial charge in [0.15, 0.2) is 0 Å². The first-order valence-corrected chi connectivity index (χ1v) is 12.7. The topological polar surface area (TPSA) is 0 Å². The maximum atomic E-state index is 2.41. The Morgan fingerprint density at radius 1 is 0.400 bits per heavy atom. The van der Waals surface area contributed by atoms with Crippen molar-refractivity contribution in [3.05, 3.63) is 119 Å². The van der Waals surface area contributed by atoms with E-state index in [1.165, 1.54) is 40.0 Å². The first kappa shape index (κ1) is 23.7. The third-order valence-corrected chi connectivity index (χ3v) is 11.6. The van der Waals surface area contributed by atoms with Crippen LogP contribution in [0.2, 0.25) is 0 Å². The van der Waals surface area contributed by atoms with Crippen molar-refractivity contribution in [2.75, 3.05) is 0 Å². The molecule has 0 saturated carbocycles. The zero-order valence-electron chi connectivity index (χ0n) is 18.8. The van der Waals surface area contributed by atoms with E-state index in [4.69, 9.17) is 0 Å². The van der Waals surface area contributed by atoms with Gasteiger partial charge in [-0.1, -0.05) is 70.8 Å². The SMILES string of the molecule is Cc1ccc[c]([Al-]([c]2cccc(C)c2)([c]2cccc(C)c2)[c]2cccc(C)c2)c1.[K+]. The molecule has 4 aromatic carbocycles. The van der Waals surface area contributed by atoms with E-state index in [2.05, 4.69) is 125 Å². The van der Waals surface area contributed by atoms with Gasteiger partial charge in [0.05, 0.1) is 0 Å². The Hall–Kier alpha value is -0.951. The molecule has 30 heavy (non-hydrogen) atoms. The van der Waals surface area contributed by atoms with Crippen molar-refractivity contribution in [2.24, 2.45) is 0 Å². The Balaban J connectivity index is 0.00000256. The fourth-order valence-electron chi connectivity index (χ4n) is 4.91. The predicted molar refractivity (Wildman–Crippen MR) is 129 cm³/mol. The van der Waals surface area contributed by atoms with Gasteiger partial charge in [0, 0.05) is 0 Å². The number of hydrogen-bond acceptors (Lipinski definition) is 0. The smallest absolute Gasteiger partial charge is 0.218 e. The number of aryl methyl sites for hydroxylation is 4. The molecule has 4 rings (SSSR count). The van der Waals surface area contributed by atoms with Crippen molar-refractivity contribution >= 4 is 30.8 Å². The summed E-state index contributed by atoms with van der Waals surface area (Å²) in [7, 11) is 0. The molecule has 0 atom stereocenters. The quantitative estimate of drug-likeness (QED) is 0.428. The van der Waals surface area contributed by atoms with Crippen LogP contribution in [0.25, 0.3) is 0 Å². The second kappa shape index (κ2) is 10.1. The minimum atomic E-state index is -2.84. The van der Waals surface area contributed by atoms with E-state index < -0.39 is 13.1 Å². The van der Waals surface area contributed by atoms with Gasteiger partial charge in [0.2, 0.25) is 0 Å². The third kappa shape index (κ3) is 4.62. The van der Waals surface area contributed by atoms with Crippen LogP contribution in [0.1, 0.15) is 22.3 Å². The summed E-state index contributed by atoms with van der Waals surface area (Å²) in [5.41, 5.74) is 5.28. The summed E-state index contributed by atoms with van der Waals surface area (Å²) in [4.78, 5) is 0. The third-order valence-electron chi connectivity index (χ3n) is 6.17. The molecule has 0 fully saturated rings. The summed E-state index contributed by atoms with van der Waals surface area (Å²) in [6, 6.07) is 36.8. The van der Waals surface area contributed by atoms with Gasteiger partial charge in [-0.25, -0.2) is 17.7 Å². The van der Waals surface area contributed by atoms with E-state index in [0.29, 0.717) is 0 Å². The number of rotatable bonds is 4. The van der Waals surface area contributed by atoms with Gasteiger partial charge in [-0.05, 0) is 27.7 Å². The molecule has 0 aliphatic carbocycles. The van der Waals surface area contributed by atoms with Crippen LogP contribution >= 0.6 is 0 Å². The van der Waals surface area contributed by atoms with Crippen molar-refractivity contribution in [1.29, 1.82) is 0 Å². The van der Waals surface area contributed by atoms with E-state index in [-0.39, 0.29) is 51.4 Å². The van der Waals surface area contributed by atoms with Gasteiger partial charge in [0.25, 0.3) is 13.1 Å². The van der Waals surface area contributed by atoms with Crippen molar-refractivity contribution < 1.29 is 51.4 Å². The summed E-state index contributed by atoms with van der Waals surface area (Å²) in [6.07, 6.45) is 0. The molecule has 0 nitrogen and oxygen atoms in total. The summed E-state index contributed by atoms with van der Waals surface area (Å²) in [5.74, 6) is 0. The van der Waals surface area contributed by atoms with Crippen molar-refractivity contribution in [2.45, 2.75) is 27.7 Å². The predicted octanol–water partition coefficient (Wildman–Crippen LogP) is 1.30. The molecule has 0 unspecified atom stereocenters. The molecule has 0 spiro atoms. The van der Waals surface area contributed by atoms with Crippen LogP contribution in [0, 0.1) is 27.7 Å². The van der Waals surface area contributed by atoms with Gasteiger partial charge in [-0.3, -0.25) is 0 Å². The van der Waals surface area contributed by atoms with Crippen LogP contribution in [0.5, 0.6) is 0 Å². The molecule has 0 aromatic heterocycles. The van der Waals surface area contributed by atoms with E-state index in [9.17, 15) is 0 Å². The molecule has 0 heterocycles. The molecular weight excluding hydrogens is 402 g/mol. The number of benzene rings is 4. The van der Waals surface area contributed by atoms with E-state index in [1.54, 1.807) is 0 Å². The fraction of sp³-hybridized carbons (Fsp3) is 0.143. The van der Waals surface area contributed by atoms with Crippen LogP contribution in [0.15, 0.2) is 97.1 Å². The fourth-order valence-corrected chi connectivity index (χ4v) is 10.9. The second-order valence-electron chi connectivity index (χ2n) is 8.52.